The Kier molecular flexibility index (Phi) is 2.79. The van der Waals surface area contributed by atoms with E-state index in [1.54, 1.807) is 0 Å². The van der Waals surface area contributed by atoms with E-state index in [2.05, 4.69) is 6.92 Å². The Morgan fingerprint density at radius 3 is 2.29 bits per heavy atom. The summed E-state index contributed by atoms with van der Waals surface area (Å²) in [5.41, 5.74) is -1.36. The molecule has 3 atom stereocenters. The van der Waals surface area contributed by atoms with Gasteiger partial charge in [0.05, 0.1) is 5.60 Å². The van der Waals surface area contributed by atoms with E-state index in [1.165, 1.54) is 0 Å². The first-order valence-corrected chi connectivity index (χ1v) is 5.52. The molecule has 82 valence electrons. The Balaban J connectivity index is 3.10. The summed E-state index contributed by atoms with van der Waals surface area (Å²) in [6.45, 7) is 7.92. The summed E-state index contributed by atoms with van der Waals surface area (Å²) in [7, 11) is 0. The van der Waals surface area contributed by atoms with Gasteiger partial charge in [-0.3, -0.25) is 0 Å². The highest BCUT2D eigenvalue weighted by Crippen LogP contribution is 2.57. The molecule has 1 saturated carbocycles. The van der Waals surface area contributed by atoms with Gasteiger partial charge >= 0.3 is 0 Å². The maximum Gasteiger partial charge on any atom is 0.126 e. The van der Waals surface area contributed by atoms with Crippen LogP contribution in [0.4, 0.5) is 0 Å². The van der Waals surface area contributed by atoms with E-state index < -0.39 is 11.0 Å². The minimum atomic E-state index is -0.696. The van der Waals surface area contributed by atoms with Crippen molar-refractivity contribution in [1.82, 2.24) is 0 Å². The zero-order valence-electron chi connectivity index (χ0n) is 9.76. The lowest BCUT2D eigenvalue weighted by molar-refractivity contribution is -0.140. The third-order valence-electron chi connectivity index (χ3n) is 4.78. The maximum atomic E-state index is 11.2. The number of rotatable bonds is 3. The van der Waals surface area contributed by atoms with Crippen LogP contribution >= 0.6 is 0 Å². The van der Waals surface area contributed by atoms with Crippen molar-refractivity contribution < 1.29 is 9.90 Å². The van der Waals surface area contributed by atoms with Crippen molar-refractivity contribution in [2.45, 2.75) is 59.0 Å². The summed E-state index contributed by atoms with van der Waals surface area (Å²) < 4.78 is 0. The molecule has 0 aromatic heterocycles. The zero-order chi connectivity index (χ0) is 11.0. The van der Waals surface area contributed by atoms with E-state index in [0.29, 0.717) is 0 Å². The maximum absolute atomic E-state index is 11.2. The zero-order valence-corrected chi connectivity index (χ0v) is 9.76. The lowest BCUT2D eigenvalue weighted by atomic mass is 9.58. The monoisotopic (exact) mass is 198 g/mol. The van der Waals surface area contributed by atoms with Crippen LogP contribution < -0.4 is 0 Å². The van der Waals surface area contributed by atoms with E-state index in [4.69, 9.17) is 0 Å². The van der Waals surface area contributed by atoms with Gasteiger partial charge in [-0.05, 0) is 32.6 Å². The highest BCUT2D eigenvalue weighted by Gasteiger charge is 2.56. The van der Waals surface area contributed by atoms with E-state index >= 15 is 0 Å². The standard InChI is InChI=1S/C12H22O2/c1-5-10(2,9-13)11(3)7-6-8-12(11,4)14/h9,14H,5-8H2,1-4H3. The van der Waals surface area contributed by atoms with Crippen molar-refractivity contribution in [3.05, 3.63) is 0 Å². The van der Waals surface area contributed by atoms with Gasteiger partial charge in [0.1, 0.15) is 6.29 Å². The molecule has 0 aromatic carbocycles. The SMILES string of the molecule is CCC(C)(C=O)C1(C)CCCC1(C)O. The van der Waals surface area contributed by atoms with E-state index in [-0.39, 0.29) is 5.41 Å². The van der Waals surface area contributed by atoms with Gasteiger partial charge in [-0.1, -0.05) is 20.8 Å². The van der Waals surface area contributed by atoms with Crippen LogP contribution in [0.5, 0.6) is 0 Å². The molecule has 0 aliphatic heterocycles. The minimum absolute atomic E-state index is 0.267. The smallest absolute Gasteiger partial charge is 0.126 e. The summed E-state index contributed by atoms with van der Waals surface area (Å²) in [5, 5.41) is 10.4. The van der Waals surface area contributed by atoms with Gasteiger partial charge in [0.25, 0.3) is 0 Å². The van der Waals surface area contributed by atoms with Gasteiger partial charge in [0, 0.05) is 10.8 Å². The molecule has 0 amide bonds. The van der Waals surface area contributed by atoms with Crippen LogP contribution in [-0.4, -0.2) is 17.0 Å². The first-order valence-electron chi connectivity index (χ1n) is 5.52. The van der Waals surface area contributed by atoms with Gasteiger partial charge < -0.3 is 9.90 Å². The molecule has 0 aromatic rings. The second kappa shape index (κ2) is 3.34. The molecule has 1 rings (SSSR count). The lowest BCUT2D eigenvalue weighted by Gasteiger charge is -2.47. The van der Waals surface area contributed by atoms with Crippen LogP contribution in [0, 0.1) is 10.8 Å². The van der Waals surface area contributed by atoms with Crippen molar-refractivity contribution in [3.63, 3.8) is 0 Å². The lowest BCUT2D eigenvalue weighted by Crippen LogP contribution is -2.50. The Morgan fingerprint density at radius 1 is 1.43 bits per heavy atom. The van der Waals surface area contributed by atoms with Crippen molar-refractivity contribution in [2.75, 3.05) is 0 Å². The number of aliphatic hydroxyl groups is 1. The molecule has 0 bridgehead atoms. The molecule has 1 N–H and O–H groups in total. The summed E-state index contributed by atoms with van der Waals surface area (Å²) >= 11 is 0. The molecule has 14 heavy (non-hydrogen) atoms. The summed E-state index contributed by atoms with van der Waals surface area (Å²) in [4.78, 5) is 11.2. The van der Waals surface area contributed by atoms with Crippen molar-refractivity contribution in [1.29, 1.82) is 0 Å². The topological polar surface area (TPSA) is 37.3 Å². The minimum Gasteiger partial charge on any atom is -0.390 e. The molecule has 1 aliphatic rings. The number of hydrogen-bond donors (Lipinski definition) is 1. The Morgan fingerprint density at radius 2 is 2.00 bits per heavy atom. The molecule has 0 heterocycles. The van der Waals surface area contributed by atoms with Gasteiger partial charge in [-0.2, -0.15) is 0 Å². The quantitative estimate of drug-likeness (QED) is 0.708. The molecular weight excluding hydrogens is 176 g/mol. The van der Waals surface area contributed by atoms with Gasteiger partial charge in [-0.15, -0.1) is 0 Å². The van der Waals surface area contributed by atoms with Crippen molar-refractivity contribution >= 4 is 6.29 Å². The normalized spacial score (nSPS) is 42.1. The van der Waals surface area contributed by atoms with Crippen molar-refractivity contribution in [3.8, 4) is 0 Å². The Labute approximate surface area is 86.7 Å². The molecule has 0 radical (unpaired) electrons. The first-order chi connectivity index (χ1) is 6.33. The van der Waals surface area contributed by atoms with Gasteiger partial charge in [0.2, 0.25) is 0 Å². The predicted molar refractivity (Wildman–Crippen MR) is 57.0 cm³/mol. The fourth-order valence-electron chi connectivity index (χ4n) is 2.84. The Hall–Kier alpha value is -0.370. The number of aldehydes is 1. The molecule has 2 nitrogen and oxygen atoms in total. The highest BCUT2D eigenvalue weighted by atomic mass is 16.3. The fourth-order valence-corrected chi connectivity index (χ4v) is 2.84. The number of carbonyl (C=O) groups excluding carboxylic acids is 1. The molecule has 0 spiro atoms. The third kappa shape index (κ3) is 1.31. The third-order valence-corrected chi connectivity index (χ3v) is 4.78. The second-order valence-corrected chi connectivity index (χ2v) is 5.35. The van der Waals surface area contributed by atoms with Crippen LogP contribution in [0.2, 0.25) is 0 Å². The van der Waals surface area contributed by atoms with E-state index in [9.17, 15) is 9.90 Å². The fraction of sp³-hybridized carbons (Fsp3) is 0.917. The predicted octanol–water partition coefficient (Wildman–Crippen LogP) is 2.54. The molecule has 1 fully saturated rings. The second-order valence-electron chi connectivity index (χ2n) is 5.35. The number of hydrogen-bond acceptors (Lipinski definition) is 2. The van der Waals surface area contributed by atoms with Gasteiger partial charge in [0.15, 0.2) is 0 Å². The van der Waals surface area contributed by atoms with Crippen LogP contribution in [-0.2, 0) is 4.79 Å². The van der Waals surface area contributed by atoms with Crippen molar-refractivity contribution in [2.24, 2.45) is 10.8 Å². The Bertz CT molecular complexity index is 234. The molecular formula is C12H22O2. The van der Waals surface area contributed by atoms with Crippen LogP contribution in [0.1, 0.15) is 53.4 Å². The highest BCUT2D eigenvalue weighted by molar-refractivity contribution is 5.61. The number of carbonyl (C=O) groups is 1. The van der Waals surface area contributed by atoms with Crippen LogP contribution in [0.3, 0.4) is 0 Å². The first kappa shape index (κ1) is 11.7. The molecule has 0 saturated heterocycles. The van der Waals surface area contributed by atoms with Crippen LogP contribution in [0.25, 0.3) is 0 Å². The van der Waals surface area contributed by atoms with E-state index in [0.717, 1.165) is 32.0 Å². The summed E-state index contributed by atoms with van der Waals surface area (Å²) in [5.74, 6) is 0. The van der Waals surface area contributed by atoms with Gasteiger partial charge in [-0.25, -0.2) is 0 Å². The summed E-state index contributed by atoms with van der Waals surface area (Å²) in [6.07, 6.45) is 4.61. The van der Waals surface area contributed by atoms with E-state index in [1.807, 2.05) is 20.8 Å². The molecule has 3 unspecified atom stereocenters. The largest absolute Gasteiger partial charge is 0.390 e. The summed E-state index contributed by atoms with van der Waals surface area (Å²) in [6, 6.07) is 0. The van der Waals surface area contributed by atoms with Crippen LogP contribution in [0.15, 0.2) is 0 Å². The molecule has 2 heteroatoms. The average Bonchev–Trinajstić information content (AvgIpc) is 2.41. The average molecular weight is 198 g/mol. The molecule has 1 aliphatic carbocycles.